The first-order valence-electron chi connectivity index (χ1n) is 9.69. The van der Waals surface area contributed by atoms with Crippen molar-refractivity contribution in [2.75, 3.05) is 31.2 Å². The summed E-state index contributed by atoms with van der Waals surface area (Å²) >= 11 is 0. The highest BCUT2D eigenvalue weighted by atomic mass is 19.1. The van der Waals surface area contributed by atoms with Crippen molar-refractivity contribution in [2.24, 2.45) is 4.99 Å². The predicted molar refractivity (Wildman–Crippen MR) is 112 cm³/mol. The van der Waals surface area contributed by atoms with Crippen molar-refractivity contribution in [3.05, 3.63) is 77.2 Å². The number of ether oxygens (including phenoxy) is 2. The van der Waals surface area contributed by atoms with Crippen LogP contribution in [0.2, 0.25) is 0 Å². The molecular weight excluding hydrogens is 385 g/mol. The van der Waals surface area contributed by atoms with Crippen LogP contribution < -0.4 is 4.90 Å². The van der Waals surface area contributed by atoms with Gasteiger partial charge in [-0.2, -0.15) is 0 Å². The number of aliphatic imine (C=N–C) groups is 1. The van der Waals surface area contributed by atoms with Crippen molar-refractivity contribution in [2.45, 2.75) is 0 Å². The molecule has 2 aliphatic heterocycles. The van der Waals surface area contributed by atoms with E-state index in [0.29, 0.717) is 26.3 Å². The molecule has 5 rings (SSSR count). The molecule has 3 heterocycles. The molecule has 0 amide bonds. The van der Waals surface area contributed by atoms with Gasteiger partial charge >= 0.3 is 5.97 Å². The number of carbonyl (C=O) groups excluding carboxylic acids is 1. The fraction of sp³-hybridized carbons (Fsp3) is 0.174. The van der Waals surface area contributed by atoms with Gasteiger partial charge in [0.2, 0.25) is 5.90 Å². The van der Waals surface area contributed by atoms with Crippen LogP contribution in [-0.2, 0) is 14.3 Å². The third-order valence-corrected chi connectivity index (χ3v) is 5.06. The molecule has 1 aromatic heterocycles. The molecule has 0 saturated carbocycles. The number of carbonyl (C=O) groups is 1. The molecule has 7 heteroatoms. The zero-order chi connectivity index (χ0) is 20.5. The molecule has 0 unspecified atom stereocenters. The number of para-hydroxylation sites is 1. The van der Waals surface area contributed by atoms with Crippen LogP contribution in [-0.4, -0.2) is 43.2 Å². The Morgan fingerprint density at radius 3 is 2.63 bits per heavy atom. The van der Waals surface area contributed by atoms with Crippen molar-refractivity contribution in [3.63, 3.8) is 0 Å². The van der Waals surface area contributed by atoms with E-state index in [1.54, 1.807) is 18.2 Å². The molecule has 2 aliphatic rings. The number of nitrogens with zero attached hydrogens (tertiary/aromatic N) is 3. The summed E-state index contributed by atoms with van der Waals surface area (Å²) in [5.41, 5.74) is 1.88. The minimum absolute atomic E-state index is 0.0361. The maximum Gasteiger partial charge on any atom is 0.363 e. The number of benzene rings is 2. The van der Waals surface area contributed by atoms with E-state index in [2.05, 4.69) is 9.89 Å². The molecule has 0 bridgehead atoms. The number of hydrogen-bond donors (Lipinski definition) is 0. The summed E-state index contributed by atoms with van der Waals surface area (Å²) in [7, 11) is 0. The van der Waals surface area contributed by atoms with Crippen LogP contribution in [0.3, 0.4) is 0 Å². The topological polar surface area (TPSA) is 64.0 Å². The van der Waals surface area contributed by atoms with Gasteiger partial charge in [0.25, 0.3) is 0 Å². The van der Waals surface area contributed by atoms with Crippen LogP contribution in [0.5, 0.6) is 0 Å². The Hall–Kier alpha value is -3.58. The molecule has 0 atom stereocenters. The second-order valence-electron chi connectivity index (χ2n) is 7.01. The number of rotatable bonds is 3. The van der Waals surface area contributed by atoms with Gasteiger partial charge in [-0.05, 0) is 30.3 Å². The fourth-order valence-electron chi connectivity index (χ4n) is 3.56. The fourth-order valence-corrected chi connectivity index (χ4v) is 3.56. The van der Waals surface area contributed by atoms with Crippen LogP contribution in [0.15, 0.2) is 65.3 Å². The summed E-state index contributed by atoms with van der Waals surface area (Å²) in [4.78, 5) is 23.7. The van der Waals surface area contributed by atoms with Crippen LogP contribution in [0.25, 0.3) is 17.0 Å². The highest BCUT2D eigenvalue weighted by molar-refractivity contribution is 6.13. The summed E-state index contributed by atoms with van der Waals surface area (Å²) in [5, 5.41) is 0.950. The molecule has 0 aliphatic carbocycles. The first-order valence-corrected chi connectivity index (χ1v) is 9.69. The van der Waals surface area contributed by atoms with E-state index in [4.69, 9.17) is 14.5 Å². The van der Waals surface area contributed by atoms with Gasteiger partial charge in [0.05, 0.1) is 24.3 Å². The number of halogens is 1. The molecule has 150 valence electrons. The number of pyridine rings is 1. The average Bonchev–Trinajstić information content (AvgIpc) is 3.14. The van der Waals surface area contributed by atoms with E-state index in [1.165, 1.54) is 12.1 Å². The predicted octanol–water partition coefficient (Wildman–Crippen LogP) is 3.56. The Labute approximate surface area is 172 Å². The van der Waals surface area contributed by atoms with Crippen molar-refractivity contribution in [1.29, 1.82) is 0 Å². The first kappa shape index (κ1) is 18.4. The zero-order valence-electron chi connectivity index (χ0n) is 16.0. The minimum Gasteiger partial charge on any atom is -0.402 e. The van der Waals surface area contributed by atoms with Gasteiger partial charge in [-0.15, -0.1) is 0 Å². The third-order valence-electron chi connectivity index (χ3n) is 5.06. The molecule has 1 fully saturated rings. The summed E-state index contributed by atoms with van der Waals surface area (Å²) in [6.45, 7) is 2.63. The Bertz CT molecular complexity index is 1200. The Kier molecular flexibility index (Phi) is 4.72. The molecule has 0 N–H and O–H groups in total. The van der Waals surface area contributed by atoms with Crippen LogP contribution in [0.4, 0.5) is 10.2 Å². The number of cyclic esters (lactones) is 1. The zero-order valence-corrected chi connectivity index (χ0v) is 16.0. The van der Waals surface area contributed by atoms with Crippen molar-refractivity contribution in [3.8, 4) is 0 Å². The largest absolute Gasteiger partial charge is 0.402 e. The number of fused-ring (bicyclic) bond motifs is 1. The van der Waals surface area contributed by atoms with Crippen molar-refractivity contribution < 1.29 is 18.7 Å². The molecule has 6 nitrogen and oxygen atoms in total. The van der Waals surface area contributed by atoms with Crippen molar-refractivity contribution >= 4 is 34.7 Å². The lowest BCUT2D eigenvalue weighted by Crippen LogP contribution is -2.37. The quantitative estimate of drug-likeness (QED) is 0.494. The summed E-state index contributed by atoms with van der Waals surface area (Å²) < 4.78 is 24.8. The second kappa shape index (κ2) is 7.68. The van der Waals surface area contributed by atoms with E-state index in [9.17, 15) is 9.18 Å². The van der Waals surface area contributed by atoms with E-state index >= 15 is 0 Å². The average molecular weight is 403 g/mol. The van der Waals surface area contributed by atoms with Gasteiger partial charge in [0.15, 0.2) is 5.70 Å². The number of anilines is 1. The number of hydrogen-bond acceptors (Lipinski definition) is 6. The lowest BCUT2D eigenvalue weighted by atomic mass is 10.1. The molecule has 2 aromatic carbocycles. The summed E-state index contributed by atoms with van der Waals surface area (Å²) in [6.07, 6.45) is 1.65. The smallest absolute Gasteiger partial charge is 0.363 e. The van der Waals surface area contributed by atoms with Crippen LogP contribution >= 0.6 is 0 Å². The standard InChI is InChI=1S/C23H18FN3O3/c24-18-7-3-2-6-17(18)22-26-20(23(28)30-22)14-16-13-15-5-1-4-8-19(15)25-21(16)27-9-11-29-12-10-27/h1-8,13-14H,9-12H2. The van der Waals surface area contributed by atoms with Gasteiger partial charge in [-0.1, -0.05) is 30.3 Å². The highest BCUT2D eigenvalue weighted by Gasteiger charge is 2.27. The number of morpholine rings is 1. The normalized spacial score (nSPS) is 18.0. The van der Waals surface area contributed by atoms with Gasteiger partial charge in [0, 0.05) is 24.0 Å². The SMILES string of the molecule is O=C1OC(c2ccccc2F)=NC1=Cc1cc2ccccc2nc1N1CCOCC1. The molecule has 0 spiro atoms. The van der Waals surface area contributed by atoms with Crippen molar-refractivity contribution in [1.82, 2.24) is 4.98 Å². The lowest BCUT2D eigenvalue weighted by molar-refractivity contribution is -0.129. The monoisotopic (exact) mass is 403 g/mol. The second-order valence-corrected chi connectivity index (χ2v) is 7.01. The van der Waals surface area contributed by atoms with E-state index in [0.717, 1.165) is 22.3 Å². The number of aromatic nitrogens is 1. The van der Waals surface area contributed by atoms with Crippen LogP contribution in [0, 0.1) is 5.82 Å². The van der Waals surface area contributed by atoms with Gasteiger partial charge in [-0.25, -0.2) is 19.2 Å². The maximum atomic E-state index is 14.1. The Balaban J connectivity index is 1.60. The third kappa shape index (κ3) is 3.44. The summed E-state index contributed by atoms with van der Waals surface area (Å²) in [6, 6.07) is 15.8. The first-order chi connectivity index (χ1) is 14.7. The molecule has 0 radical (unpaired) electrons. The van der Waals surface area contributed by atoms with Crippen LogP contribution in [0.1, 0.15) is 11.1 Å². The van der Waals surface area contributed by atoms with Gasteiger partial charge < -0.3 is 14.4 Å². The minimum atomic E-state index is -0.616. The Morgan fingerprint density at radius 2 is 1.80 bits per heavy atom. The van der Waals surface area contributed by atoms with E-state index < -0.39 is 11.8 Å². The highest BCUT2D eigenvalue weighted by Crippen LogP contribution is 2.28. The molecule has 1 saturated heterocycles. The summed E-state index contributed by atoms with van der Waals surface area (Å²) in [5.74, 6) is -0.390. The van der Waals surface area contributed by atoms with E-state index in [1.807, 2.05) is 30.3 Å². The Morgan fingerprint density at radius 1 is 1.03 bits per heavy atom. The van der Waals surface area contributed by atoms with Gasteiger partial charge in [-0.3, -0.25) is 0 Å². The molecular formula is C23H18FN3O3. The molecule has 30 heavy (non-hydrogen) atoms. The number of esters is 1. The molecule has 3 aromatic rings. The van der Waals surface area contributed by atoms with Gasteiger partial charge in [0.1, 0.15) is 11.6 Å². The maximum absolute atomic E-state index is 14.1. The van der Waals surface area contributed by atoms with E-state index in [-0.39, 0.29) is 17.2 Å². The lowest BCUT2D eigenvalue weighted by Gasteiger charge is -2.29.